The molecule has 0 aliphatic heterocycles. The van der Waals surface area contributed by atoms with Crippen LogP contribution in [-0.2, 0) is 6.42 Å². The predicted molar refractivity (Wildman–Crippen MR) is 80.1 cm³/mol. The molecule has 0 aliphatic carbocycles. The SMILES string of the molecule is CCCNc1ccc(C(=O)NCCCc2ncn[nH]2)nc1. The van der Waals surface area contributed by atoms with Crippen molar-refractivity contribution in [2.24, 2.45) is 0 Å². The van der Waals surface area contributed by atoms with Crippen LogP contribution in [0.25, 0.3) is 0 Å². The number of aryl methyl sites for hydroxylation is 1. The molecule has 0 unspecified atom stereocenters. The van der Waals surface area contributed by atoms with E-state index in [1.165, 1.54) is 6.33 Å². The van der Waals surface area contributed by atoms with Gasteiger partial charge in [-0.1, -0.05) is 6.92 Å². The quantitative estimate of drug-likeness (QED) is 0.638. The first-order chi connectivity index (χ1) is 10.3. The first-order valence-electron chi connectivity index (χ1n) is 7.12. The van der Waals surface area contributed by atoms with E-state index in [9.17, 15) is 4.79 Å². The highest BCUT2D eigenvalue weighted by molar-refractivity contribution is 5.92. The Morgan fingerprint density at radius 3 is 2.86 bits per heavy atom. The number of H-pyrrole nitrogens is 1. The molecule has 2 aromatic rings. The minimum absolute atomic E-state index is 0.158. The Hall–Kier alpha value is -2.44. The van der Waals surface area contributed by atoms with Crippen molar-refractivity contribution in [1.29, 1.82) is 0 Å². The van der Waals surface area contributed by atoms with Crippen LogP contribution >= 0.6 is 0 Å². The molecule has 21 heavy (non-hydrogen) atoms. The van der Waals surface area contributed by atoms with Gasteiger partial charge in [0, 0.05) is 19.5 Å². The molecule has 0 fully saturated rings. The lowest BCUT2D eigenvalue weighted by molar-refractivity contribution is 0.0948. The van der Waals surface area contributed by atoms with Crippen LogP contribution in [0.2, 0.25) is 0 Å². The monoisotopic (exact) mass is 288 g/mol. The van der Waals surface area contributed by atoms with E-state index in [4.69, 9.17) is 0 Å². The smallest absolute Gasteiger partial charge is 0.269 e. The highest BCUT2D eigenvalue weighted by Crippen LogP contribution is 2.06. The predicted octanol–water partition coefficient (Wildman–Crippen LogP) is 1.38. The fourth-order valence-corrected chi connectivity index (χ4v) is 1.80. The van der Waals surface area contributed by atoms with Crippen LogP contribution < -0.4 is 10.6 Å². The topological polar surface area (TPSA) is 95.6 Å². The Balaban J connectivity index is 1.72. The minimum atomic E-state index is -0.158. The van der Waals surface area contributed by atoms with Gasteiger partial charge in [0.15, 0.2) is 0 Å². The molecule has 0 atom stereocenters. The number of carbonyl (C=O) groups is 1. The number of nitrogens with one attached hydrogen (secondary N) is 3. The summed E-state index contributed by atoms with van der Waals surface area (Å²) >= 11 is 0. The molecule has 1 amide bonds. The molecule has 7 nitrogen and oxygen atoms in total. The number of hydrogen-bond acceptors (Lipinski definition) is 5. The summed E-state index contributed by atoms with van der Waals surface area (Å²) in [6.07, 6.45) is 5.77. The molecule has 2 heterocycles. The van der Waals surface area contributed by atoms with Crippen molar-refractivity contribution in [2.75, 3.05) is 18.4 Å². The number of nitrogens with zero attached hydrogens (tertiary/aromatic N) is 3. The molecule has 2 rings (SSSR count). The molecule has 0 saturated heterocycles. The standard InChI is InChI=1S/C14H20N6O/c1-2-7-15-11-5-6-12(17-9-11)14(21)16-8-3-4-13-18-10-19-20-13/h5-6,9-10,15H,2-4,7-8H2,1H3,(H,16,21)(H,18,19,20). The molecular formula is C14H20N6O. The second kappa shape index (κ2) is 7.98. The van der Waals surface area contributed by atoms with Crippen molar-refractivity contribution in [1.82, 2.24) is 25.5 Å². The van der Waals surface area contributed by atoms with Gasteiger partial charge in [-0.05, 0) is 25.0 Å². The van der Waals surface area contributed by atoms with Gasteiger partial charge in [-0.3, -0.25) is 9.89 Å². The first-order valence-corrected chi connectivity index (χ1v) is 7.12. The zero-order valence-corrected chi connectivity index (χ0v) is 12.1. The Kier molecular flexibility index (Phi) is 5.69. The number of anilines is 1. The third kappa shape index (κ3) is 4.87. The number of hydrogen-bond donors (Lipinski definition) is 3. The van der Waals surface area contributed by atoms with Gasteiger partial charge in [0.25, 0.3) is 5.91 Å². The second-order valence-corrected chi connectivity index (χ2v) is 4.65. The van der Waals surface area contributed by atoms with Crippen LogP contribution in [0.3, 0.4) is 0 Å². The van der Waals surface area contributed by atoms with Gasteiger partial charge in [0.1, 0.15) is 17.8 Å². The van der Waals surface area contributed by atoms with Crippen LogP contribution in [0.5, 0.6) is 0 Å². The van der Waals surface area contributed by atoms with Crippen LogP contribution in [0.4, 0.5) is 5.69 Å². The van der Waals surface area contributed by atoms with E-state index in [-0.39, 0.29) is 5.91 Å². The summed E-state index contributed by atoms with van der Waals surface area (Å²) in [4.78, 5) is 20.1. The summed E-state index contributed by atoms with van der Waals surface area (Å²) in [5.74, 6) is 0.670. The van der Waals surface area contributed by atoms with Crippen LogP contribution in [0.15, 0.2) is 24.7 Å². The van der Waals surface area contributed by atoms with Crippen molar-refractivity contribution in [3.63, 3.8) is 0 Å². The van der Waals surface area contributed by atoms with Crippen molar-refractivity contribution in [3.8, 4) is 0 Å². The van der Waals surface area contributed by atoms with E-state index in [2.05, 4.69) is 37.7 Å². The summed E-state index contributed by atoms with van der Waals surface area (Å²) in [6.45, 7) is 3.58. The van der Waals surface area contributed by atoms with Crippen LogP contribution in [0.1, 0.15) is 36.1 Å². The summed E-state index contributed by atoms with van der Waals surface area (Å²) in [5.41, 5.74) is 1.36. The van der Waals surface area contributed by atoms with Gasteiger partial charge >= 0.3 is 0 Å². The van der Waals surface area contributed by atoms with Gasteiger partial charge in [0.05, 0.1) is 11.9 Å². The van der Waals surface area contributed by atoms with Gasteiger partial charge in [0.2, 0.25) is 0 Å². The zero-order chi connectivity index (χ0) is 14.9. The lowest BCUT2D eigenvalue weighted by atomic mass is 10.2. The summed E-state index contributed by atoms with van der Waals surface area (Å²) in [7, 11) is 0. The number of aromatic nitrogens is 4. The Morgan fingerprint density at radius 2 is 2.19 bits per heavy atom. The molecule has 0 spiro atoms. The fourth-order valence-electron chi connectivity index (χ4n) is 1.80. The molecule has 7 heteroatoms. The van der Waals surface area contributed by atoms with Crippen molar-refractivity contribution < 1.29 is 4.79 Å². The number of carbonyl (C=O) groups excluding carboxylic acids is 1. The van der Waals surface area contributed by atoms with E-state index in [0.717, 1.165) is 37.3 Å². The Bertz CT molecular complexity index is 537. The average molecular weight is 288 g/mol. The zero-order valence-electron chi connectivity index (χ0n) is 12.1. The van der Waals surface area contributed by atoms with E-state index in [1.807, 2.05) is 6.07 Å². The van der Waals surface area contributed by atoms with Gasteiger partial charge in [-0.25, -0.2) is 9.97 Å². The minimum Gasteiger partial charge on any atom is -0.384 e. The number of aromatic amines is 1. The lowest BCUT2D eigenvalue weighted by Gasteiger charge is -2.06. The molecule has 112 valence electrons. The van der Waals surface area contributed by atoms with Crippen LogP contribution in [-0.4, -0.2) is 39.2 Å². The molecule has 0 saturated carbocycles. The van der Waals surface area contributed by atoms with Crippen molar-refractivity contribution in [2.45, 2.75) is 26.2 Å². The molecule has 0 radical (unpaired) electrons. The van der Waals surface area contributed by atoms with Crippen molar-refractivity contribution in [3.05, 3.63) is 36.2 Å². The summed E-state index contributed by atoms with van der Waals surface area (Å²) in [6, 6.07) is 3.59. The first kappa shape index (κ1) is 15.0. The molecule has 0 aliphatic rings. The van der Waals surface area contributed by atoms with E-state index in [1.54, 1.807) is 12.3 Å². The maximum atomic E-state index is 11.9. The average Bonchev–Trinajstić information content (AvgIpc) is 3.03. The third-order valence-corrected chi connectivity index (χ3v) is 2.92. The number of rotatable bonds is 8. The Morgan fingerprint density at radius 1 is 1.29 bits per heavy atom. The lowest BCUT2D eigenvalue weighted by Crippen LogP contribution is -2.25. The highest BCUT2D eigenvalue weighted by atomic mass is 16.1. The molecular weight excluding hydrogens is 268 g/mol. The molecule has 0 aromatic carbocycles. The van der Waals surface area contributed by atoms with Gasteiger partial charge in [-0.15, -0.1) is 0 Å². The maximum Gasteiger partial charge on any atom is 0.269 e. The number of amides is 1. The molecule has 0 bridgehead atoms. The molecule has 3 N–H and O–H groups in total. The fraction of sp³-hybridized carbons (Fsp3) is 0.429. The number of pyridine rings is 1. The Labute approximate surface area is 123 Å². The van der Waals surface area contributed by atoms with E-state index >= 15 is 0 Å². The molecule has 2 aromatic heterocycles. The summed E-state index contributed by atoms with van der Waals surface area (Å²) < 4.78 is 0. The third-order valence-electron chi connectivity index (χ3n) is 2.92. The van der Waals surface area contributed by atoms with Crippen molar-refractivity contribution >= 4 is 11.6 Å². The second-order valence-electron chi connectivity index (χ2n) is 4.65. The largest absolute Gasteiger partial charge is 0.384 e. The maximum absolute atomic E-state index is 11.9. The van der Waals surface area contributed by atoms with Gasteiger partial charge in [-0.2, -0.15) is 5.10 Å². The normalized spacial score (nSPS) is 10.3. The van der Waals surface area contributed by atoms with E-state index in [0.29, 0.717) is 12.2 Å². The van der Waals surface area contributed by atoms with E-state index < -0.39 is 0 Å². The summed E-state index contributed by atoms with van der Waals surface area (Å²) in [5, 5.41) is 12.6. The highest BCUT2D eigenvalue weighted by Gasteiger charge is 2.06. The van der Waals surface area contributed by atoms with Gasteiger partial charge < -0.3 is 10.6 Å². The van der Waals surface area contributed by atoms with Crippen LogP contribution in [0, 0.1) is 0 Å².